The first kappa shape index (κ1) is 10.9. The molecule has 90 valence electrons. The molecule has 0 unspecified atom stereocenters. The molecule has 1 N–H and O–H groups in total. The number of nitrogens with one attached hydrogen (secondary N) is 1. The van der Waals surface area contributed by atoms with Crippen LogP contribution in [0.5, 0.6) is 0 Å². The van der Waals surface area contributed by atoms with E-state index in [2.05, 4.69) is 21.6 Å². The predicted octanol–water partition coefficient (Wildman–Crippen LogP) is 1.39. The number of nitrogens with zero attached hydrogens (tertiary/aromatic N) is 4. The van der Waals surface area contributed by atoms with E-state index in [0.29, 0.717) is 11.6 Å². The summed E-state index contributed by atoms with van der Waals surface area (Å²) in [5, 5.41) is 20.9. The van der Waals surface area contributed by atoms with Crippen LogP contribution in [0.2, 0.25) is 0 Å². The summed E-state index contributed by atoms with van der Waals surface area (Å²) >= 11 is 0. The van der Waals surface area contributed by atoms with Gasteiger partial charge in [0.1, 0.15) is 0 Å². The van der Waals surface area contributed by atoms with Crippen LogP contribution in [0.1, 0.15) is 24.1 Å². The molecule has 1 aromatic carbocycles. The number of hydrogen-bond acceptors (Lipinski definition) is 4. The van der Waals surface area contributed by atoms with Crippen molar-refractivity contribution in [1.82, 2.24) is 20.3 Å². The van der Waals surface area contributed by atoms with Gasteiger partial charge in [-0.1, -0.05) is 6.07 Å². The van der Waals surface area contributed by atoms with Crippen LogP contribution in [-0.4, -0.2) is 21.0 Å². The van der Waals surface area contributed by atoms with Gasteiger partial charge in [-0.3, -0.25) is 0 Å². The molecule has 18 heavy (non-hydrogen) atoms. The highest BCUT2D eigenvalue weighted by atomic mass is 15.5. The second-order valence-corrected chi connectivity index (χ2v) is 4.44. The van der Waals surface area contributed by atoms with E-state index in [9.17, 15) is 0 Å². The molecule has 0 bridgehead atoms. The van der Waals surface area contributed by atoms with Gasteiger partial charge in [0.15, 0.2) is 0 Å². The maximum atomic E-state index is 8.86. The lowest BCUT2D eigenvalue weighted by molar-refractivity contribution is 0.658. The molecule has 0 amide bonds. The average Bonchev–Trinajstić information content (AvgIpc) is 3.13. The minimum absolute atomic E-state index is 0.613. The lowest BCUT2D eigenvalue weighted by atomic mass is 10.2. The zero-order valence-corrected chi connectivity index (χ0v) is 9.87. The summed E-state index contributed by atoms with van der Waals surface area (Å²) in [6.07, 6.45) is 4.28. The minimum Gasteiger partial charge on any atom is -0.308 e. The van der Waals surface area contributed by atoms with E-state index in [1.807, 2.05) is 12.1 Å². The normalized spacial score (nSPS) is 14.4. The molecule has 5 heteroatoms. The molecule has 0 radical (unpaired) electrons. The highest BCUT2D eigenvalue weighted by Gasteiger charge is 2.20. The highest BCUT2D eigenvalue weighted by Crippen LogP contribution is 2.19. The molecule has 0 saturated heterocycles. The van der Waals surface area contributed by atoms with Gasteiger partial charge in [0, 0.05) is 12.6 Å². The van der Waals surface area contributed by atoms with Gasteiger partial charge in [-0.15, -0.1) is 0 Å². The fourth-order valence-electron chi connectivity index (χ4n) is 1.74. The molecular weight excluding hydrogens is 226 g/mol. The molecule has 3 rings (SSSR count). The van der Waals surface area contributed by atoms with Gasteiger partial charge in [-0.05, 0) is 31.0 Å². The maximum absolute atomic E-state index is 8.86. The van der Waals surface area contributed by atoms with Crippen LogP contribution in [0.3, 0.4) is 0 Å². The summed E-state index contributed by atoms with van der Waals surface area (Å²) in [6, 6.07) is 10.0. The van der Waals surface area contributed by atoms with Crippen LogP contribution >= 0.6 is 0 Å². The van der Waals surface area contributed by atoms with E-state index < -0.39 is 0 Å². The summed E-state index contributed by atoms with van der Waals surface area (Å²) in [6.45, 7) is 0.753. The molecule has 5 nitrogen and oxygen atoms in total. The van der Waals surface area contributed by atoms with E-state index in [0.717, 1.165) is 17.9 Å². The third-order valence-electron chi connectivity index (χ3n) is 2.89. The molecule has 1 saturated carbocycles. The Hall–Kier alpha value is -2.19. The Morgan fingerprint density at radius 1 is 1.44 bits per heavy atom. The van der Waals surface area contributed by atoms with Crippen LogP contribution in [-0.2, 0) is 6.54 Å². The van der Waals surface area contributed by atoms with Crippen LogP contribution < -0.4 is 5.32 Å². The number of aromatic nitrogens is 3. The van der Waals surface area contributed by atoms with Crippen molar-refractivity contribution in [2.45, 2.75) is 25.4 Å². The third kappa shape index (κ3) is 2.39. The van der Waals surface area contributed by atoms with Crippen molar-refractivity contribution in [3.63, 3.8) is 0 Å². The largest absolute Gasteiger partial charge is 0.308 e. The fraction of sp³-hybridized carbons (Fsp3) is 0.308. The topological polar surface area (TPSA) is 66.5 Å². The van der Waals surface area contributed by atoms with Crippen LogP contribution in [0.25, 0.3) is 5.69 Å². The second-order valence-electron chi connectivity index (χ2n) is 4.44. The fourth-order valence-corrected chi connectivity index (χ4v) is 1.74. The molecule has 1 aliphatic rings. The SMILES string of the molecule is N#Cc1cccc(-n2ncc(CNC3CC3)n2)c1. The maximum Gasteiger partial charge on any atom is 0.0992 e. The molecule has 0 spiro atoms. The second kappa shape index (κ2) is 4.59. The third-order valence-corrected chi connectivity index (χ3v) is 2.89. The number of rotatable bonds is 4. The van der Waals surface area contributed by atoms with Gasteiger partial charge in [0.25, 0.3) is 0 Å². The van der Waals surface area contributed by atoms with Crippen LogP contribution in [0.4, 0.5) is 0 Å². The van der Waals surface area contributed by atoms with E-state index >= 15 is 0 Å². The first-order chi connectivity index (χ1) is 8.85. The van der Waals surface area contributed by atoms with E-state index in [-0.39, 0.29) is 0 Å². The van der Waals surface area contributed by atoms with Crippen molar-refractivity contribution in [3.05, 3.63) is 41.7 Å². The molecule has 1 aromatic heterocycles. The van der Waals surface area contributed by atoms with Crippen molar-refractivity contribution in [2.24, 2.45) is 0 Å². The lowest BCUT2D eigenvalue weighted by Gasteiger charge is -2.00. The van der Waals surface area contributed by atoms with Gasteiger partial charge in [0.2, 0.25) is 0 Å². The highest BCUT2D eigenvalue weighted by molar-refractivity contribution is 5.39. The first-order valence-electron chi connectivity index (χ1n) is 6.00. The Bertz CT molecular complexity index is 591. The summed E-state index contributed by atoms with van der Waals surface area (Å²) in [7, 11) is 0. The molecule has 1 heterocycles. The zero-order valence-electron chi connectivity index (χ0n) is 9.87. The van der Waals surface area contributed by atoms with Gasteiger partial charge in [-0.25, -0.2) is 0 Å². The van der Waals surface area contributed by atoms with E-state index in [1.54, 1.807) is 23.1 Å². The minimum atomic E-state index is 0.613. The molecular formula is C13H13N5. The number of hydrogen-bond donors (Lipinski definition) is 1. The number of benzene rings is 1. The molecule has 1 aliphatic carbocycles. The van der Waals surface area contributed by atoms with Gasteiger partial charge in [0.05, 0.1) is 29.2 Å². The predicted molar refractivity (Wildman–Crippen MR) is 65.9 cm³/mol. The molecule has 1 fully saturated rings. The summed E-state index contributed by atoms with van der Waals surface area (Å²) in [4.78, 5) is 1.56. The Kier molecular flexibility index (Phi) is 2.79. The van der Waals surface area contributed by atoms with Crippen LogP contribution in [0.15, 0.2) is 30.5 Å². The number of nitriles is 1. The molecule has 2 aromatic rings. The van der Waals surface area contributed by atoms with E-state index in [4.69, 9.17) is 5.26 Å². The van der Waals surface area contributed by atoms with Crippen molar-refractivity contribution in [3.8, 4) is 11.8 Å². The van der Waals surface area contributed by atoms with Crippen molar-refractivity contribution >= 4 is 0 Å². The zero-order chi connectivity index (χ0) is 12.4. The quantitative estimate of drug-likeness (QED) is 0.875. The van der Waals surface area contributed by atoms with Gasteiger partial charge >= 0.3 is 0 Å². The first-order valence-corrected chi connectivity index (χ1v) is 6.00. The monoisotopic (exact) mass is 239 g/mol. The molecule has 0 aliphatic heterocycles. The summed E-state index contributed by atoms with van der Waals surface area (Å²) < 4.78 is 0. The summed E-state index contributed by atoms with van der Waals surface area (Å²) in [5.74, 6) is 0. The van der Waals surface area contributed by atoms with Crippen molar-refractivity contribution in [2.75, 3.05) is 0 Å². The van der Waals surface area contributed by atoms with Gasteiger partial charge < -0.3 is 5.32 Å². The average molecular weight is 239 g/mol. The Morgan fingerprint density at radius 3 is 3.11 bits per heavy atom. The molecule has 0 atom stereocenters. The van der Waals surface area contributed by atoms with Crippen molar-refractivity contribution in [1.29, 1.82) is 5.26 Å². The Morgan fingerprint density at radius 2 is 2.33 bits per heavy atom. The van der Waals surface area contributed by atoms with Crippen molar-refractivity contribution < 1.29 is 0 Å². The van der Waals surface area contributed by atoms with Gasteiger partial charge in [-0.2, -0.15) is 20.3 Å². The summed E-state index contributed by atoms with van der Waals surface area (Å²) in [5.41, 5.74) is 2.35. The lowest BCUT2D eigenvalue weighted by Crippen LogP contribution is -2.15. The Labute approximate surface area is 105 Å². The smallest absolute Gasteiger partial charge is 0.0992 e. The standard InChI is InChI=1S/C13H13N5/c14-7-10-2-1-3-13(6-10)18-16-9-12(17-18)8-15-11-4-5-11/h1-3,6,9,11,15H,4-5,8H2. The van der Waals surface area contributed by atoms with Crippen LogP contribution in [0, 0.1) is 11.3 Å². The van der Waals surface area contributed by atoms with E-state index in [1.165, 1.54) is 12.8 Å². The Balaban J connectivity index is 1.76.